The molecule has 1 fully saturated rings. The van der Waals surface area contributed by atoms with Crippen LogP contribution >= 0.6 is 39.3 Å². The molecule has 0 saturated carbocycles. The van der Waals surface area contributed by atoms with Crippen LogP contribution in [0.25, 0.3) is 0 Å². The van der Waals surface area contributed by atoms with E-state index in [1.807, 2.05) is 22.7 Å². The Bertz CT molecular complexity index is 387. The molecule has 0 spiro atoms. The molecule has 1 heterocycles. The summed E-state index contributed by atoms with van der Waals surface area (Å²) in [6, 6.07) is 5.32. The van der Waals surface area contributed by atoms with Gasteiger partial charge in [-0.2, -0.15) is 11.8 Å². The van der Waals surface area contributed by atoms with E-state index in [0.717, 1.165) is 29.1 Å². The second-order valence-electron chi connectivity index (χ2n) is 3.56. The third-order valence-corrected chi connectivity index (χ3v) is 4.03. The molecule has 1 saturated heterocycles. The highest BCUT2D eigenvalue weighted by molar-refractivity contribution is 9.10. The first kappa shape index (κ1) is 12.3. The van der Waals surface area contributed by atoms with Crippen LogP contribution in [0.5, 0.6) is 0 Å². The van der Waals surface area contributed by atoms with Crippen LogP contribution in [0.4, 0.5) is 0 Å². The van der Waals surface area contributed by atoms with Crippen molar-refractivity contribution in [3.63, 3.8) is 0 Å². The van der Waals surface area contributed by atoms with Crippen molar-refractivity contribution in [3.05, 3.63) is 33.3 Å². The number of rotatable bonds is 1. The van der Waals surface area contributed by atoms with Crippen molar-refractivity contribution in [2.24, 2.45) is 0 Å². The largest absolute Gasteiger partial charge is 0.337 e. The van der Waals surface area contributed by atoms with Crippen LogP contribution in [0.1, 0.15) is 10.4 Å². The monoisotopic (exact) mass is 319 g/mol. The molecular formula is C11H11BrClNOS. The molecule has 16 heavy (non-hydrogen) atoms. The predicted molar refractivity (Wildman–Crippen MR) is 72.4 cm³/mol. The Morgan fingerprint density at radius 1 is 1.31 bits per heavy atom. The third kappa shape index (κ3) is 2.93. The lowest BCUT2D eigenvalue weighted by Crippen LogP contribution is -2.37. The molecule has 0 radical (unpaired) electrons. The predicted octanol–water partition coefficient (Wildman–Crippen LogP) is 3.29. The van der Waals surface area contributed by atoms with Crippen LogP contribution in [0.15, 0.2) is 22.7 Å². The van der Waals surface area contributed by atoms with Crippen LogP contribution in [-0.2, 0) is 0 Å². The molecule has 1 aromatic carbocycles. The Balaban J connectivity index is 2.19. The summed E-state index contributed by atoms with van der Waals surface area (Å²) in [5, 5.41) is 0.587. The lowest BCUT2D eigenvalue weighted by atomic mass is 10.2. The summed E-state index contributed by atoms with van der Waals surface area (Å²) in [6.07, 6.45) is 0. The molecule has 1 amide bonds. The molecule has 0 aromatic heterocycles. The van der Waals surface area contributed by atoms with Gasteiger partial charge in [-0.05, 0) is 18.2 Å². The standard InChI is InChI=1S/C11H11BrClNOS/c12-9-5-8(6-10(13)7-9)11(15)14-1-3-16-4-2-14/h5-7H,1-4H2. The van der Waals surface area contributed by atoms with E-state index in [1.54, 1.807) is 12.1 Å². The van der Waals surface area contributed by atoms with Gasteiger partial charge >= 0.3 is 0 Å². The van der Waals surface area contributed by atoms with E-state index in [4.69, 9.17) is 11.6 Å². The van der Waals surface area contributed by atoms with Crippen molar-refractivity contribution in [1.82, 2.24) is 4.90 Å². The zero-order valence-corrected chi connectivity index (χ0v) is 11.7. The summed E-state index contributed by atoms with van der Waals surface area (Å²) >= 11 is 11.2. The van der Waals surface area contributed by atoms with E-state index >= 15 is 0 Å². The molecule has 5 heteroatoms. The minimum Gasteiger partial charge on any atom is -0.337 e. The fourth-order valence-corrected chi connectivity index (χ4v) is 3.39. The highest BCUT2D eigenvalue weighted by Crippen LogP contribution is 2.21. The van der Waals surface area contributed by atoms with Crippen LogP contribution in [0.2, 0.25) is 5.02 Å². The van der Waals surface area contributed by atoms with Gasteiger partial charge in [-0.15, -0.1) is 0 Å². The number of carbonyl (C=O) groups excluding carboxylic acids is 1. The van der Waals surface area contributed by atoms with Gasteiger partial charge in [-0.1, -0.05) is 27.5 Å². The van der Waals surface area contributed by atoms with Crippen molar-refractivity contribution < 1.29 is 4.79 Å². The first-order chi connectivity index (χ1) is 7.66. The molecule has 2 nitrogen and oxygen atoms in total. The highest BCUT2D eigenvalue weighted by Gasteiger charge is 2.18. The minimum atomic E-state index is 0.0727. The minimum absolute atomic E-state index is 0.0727. The van der Waals surface area contributed by atoms with E-state index in [1.165, 1.54) is 0 Å². The molecule has 1 aromatic rings. The summed E-state index contributed by atoms with van der Waals surface area (Å²) in [4.78, 5) is 14.0. The lowest BCUT2D eigenvalue weighted by molar-refractivity contribution is 0.0772. The molecule has 2 rings (SSSR count). The van der Waals surface area contributed by atoms with E-state index in [2.05, 4.69) is 15.9 Å². The SMILES string of the molecule is O=C(c1cc(Cl)cc(Br)c1)N1CCSCC1. The van der Waals surface area contributed by atoms with Crippen LogP contribution in [0, 0.1) is 0 Å². The van der Waals surface area contributed by atoms with Crippen molar-refractivity contribution in [1.29, 1.82) is 0 Å². The molecule has 0 bridgehead atoms. The van der Waals surface area contributed by atoms with Crippen molar-refractivity contribution in [2.75, 3.05) is 24.6 Å². The van der Waals surface area contributed by atoms with Gasteiger partial charge in [0.2, 0.25) is 0 Å². The Labute approximate surface area is 112 Å². The van der Waals surface area contributed by atoms with Crippen LogP contribution < -0.4 is 0 Å². The maximum Gasteiger partial charge on any atom is 0.253 e. The molecule has 0 unspecified atom stereocenters. The van der Waals surface area contributed by atoms with Gasteiger partial charge in [0.05, 0.1) is 0 Å². The summed E-state index contributed by atoms with van der Waals surface area (Å²) < 4.78 is 0.842. The van der Waals surface area contributed by atoms with E-state index in [0.29, 0.717) is 10.6 Å². The van der Waals surface area contributed by atoms with E-state index in [-0.39, 0.29) is 5.91 Å². The number of amides is 1. The molecule has 0 aliphatic carbocycles. The number of halogens is 2. The zero-order chi connectivity index (χ0) is 11.5. The number of carbonyl (C=O) groups is 1. The number of nitrogens with zero attached hydrogens (tertiary/aromatic N) is 1. The highest BCUT2D eigenvalue weighted by atomic mass is 79.9. The summed E-state index contributed by atoms with van der Waals surface area (Å²) in [6.45, 7) is 1.65. The maximum atomic E-state index is 12.1. The van der Waals surface area contributed by atoms with E-state index < -0.39 is 0 Å². The second kappa shape index (κ2) is 5.43. The molecule has 86 valence electrons. The first-order valence-corrected chi connectivity index (χ1v) is 7.32. The third-order valence-electron chi connectivity index (χ3n) is 2.41. The second-order valence-corrected chi connectivity index (χ2v) is 6.14. The smallest absolute Gasteiger partial charge is 0.253 e. The van der Waals surface area contributed by atoms with Crippen molar-refractivity contribution >= 4 is 45.2 Å². The molecule has 0 N–H and O–H groups in total. The van der Waals surface area contributed by atoms with Gasteiger partial charge in [-0.3, -0.25) is 4.79 Å². The van der Waals surface area contributed by atoms with Gasteiger partial charge in [0.25, 0.3) is 5.91 Å². The van der Waals surface area contributed by atoms with Gasteiger partial charge in [0.15, 0.2) is 0 Å². The average molecular weight is 321 g/mol. The Morgan fingerprint density at radius 2 is 2.00 bits per heavy atom. The number of benzene rings is 1. The molecule has 1 aliphatic rings. The summed E-state index contributed by atoms with van der Waals surface area (Å²) in [5.74, 6) is 2.12. The van der Waals surface area contributed by atoms with Crippen LogP contribution in [0.3, 0.4) is 0 Å². The van der Waals surface area contributed by atoms with Gasteiger partial charge in [0.1, 0.15) is 0 Å². The molecule has 1 aliphatic heterocycles. The average Bonchev–Trinajstić information content (AvgIpc) is 2.28. The molecular weight excluding hydrogens is 310 g/mol. The number of hydrogen-bond donors (Lipinski definition) is 0. The van der Waals surface area contributed by atoms with E-state index in [9.17, 15) is 4.79 Å². The normalized spacial score (nSPS) is 16.2. The van der Waals surface area contributed by atoms with Gasteiger partial charge in [0, 0.05) is 39.7 Å². The Hall–Kier alpha value is -0.190. The lowest BCUT2D eigenvalue weighted by Gasteiger charge is -2.26. The summed E-state index contributed by atoms with van der Waals surface area (Å²) in [7, 11) is 0. The Morgan fingerprint density at radius 3 is 2.62 bits per heavy atom. The topological polar surface area (TPSA) is 20.3 Å². The van der Waals surface area contributed by atoms with Gasteiger partial charge < -0.3 is 4.90 Å². The Kier molecular flexibility index (Phi) is 4.16. The first-order valence-electron chi connectivity index (χ1n) is 5.00. The quantitative estimate of drug-likeness (QED) is 0.791. The summed E-state index contributed by atoms with van der Waals surface area (Å²) in [5.41, 5.74) is 0.659. The fourth-order valence-electron chi connectivity index (χ4n) is 1.63. The fraction of sp³-hybridized carbons (Fsp3) is 0.364. The molecule has 0 atom stereocenters. The maximum absolute atomic E-state index is 12.1. The van der Waals surface area contributed by atoms with Crippen LogP contribution in [-0.4, -0.2) is 35.4 Å². The van der Waals surface area contributed by atoms with Gasteiger partial charge in [-0.25, -0.2) is 0 Å². The number of thioether (sulfide) groups is 1. The number of hydrogen-bond acceptors (Lipinski definition) is 2. The van der Waals surface area contributed by atoms with Crippen molar-refractivity contribution in [3.8, 4) is 0 Å². The zero-order valence-electron chi connectivity index (χ0n) is 8.58. The van der Waals surface area contributed by atoms with Crippen molar-refractivity contribution in [2.45, 2.75) is 0 Å².